The van der Waals surface area contributed by atoms with Gasteiger partial charge in [0.1, 0.15) is 0 Å². The molecule has 1 aromatic heterocycles. The number of carbonyl (C=O) groups is 2. The largest absolute Gasteiger partial charge is 0.369 e. The van der Waals surface area contributed by atoms with Gasteiger partial charge in [-0.2, -0.15) is 0 Å². The second-order valence-electron chi connectivity index (χ2n) is 7.31. The Bertz CT molecular complexity index is 964. The van der Waals surface area contributed by atoms with Gasteiger partial charge in [0.15, 0.2) is 6.04 Å². The Labute approximate surface area is 158 Å². The molecule has 5 nitrogen and oxygen atoms in total. The number of carbonyl (C=O) groups excluding carboxylic acids is 2. The lowest BCUT2D eigenvalue weighted by atomic mass is 9.90. The Morgan fingerprint density at radius 2 is 1.81 bits per heavy atom. The summed E-state index contributed by atoms with van der Waals surface area (Å²) in [6.45, 7) is 1.46. The van der Waals surface area contributed by atoms with Crippen molar-refractivity contribution < 1.29 is 14.5 Å². The highest BCUT2D eigenvalue weighted by Gasteiger charge is 2.38. The number of aromatic amines is 1. The molecule has 1 fully saturated rings. The lowest BCUT2D eigenvalue weighted by Crippen LogP contribution is -3.14. The fourth-order valence-electron chi connectivity index (χ4n) is 4.25. The first-order valence-electron chi connectivity index (χ1n) is 9.44. The zero-order chi connectivity index (χ0) is 18.8. The molecule has 0 saturated carbocycles. The average molecular weight is 362 g/mol. The van der Waals surface area contributed by atoms with Gasteiger partial charge in [0.25, 0.3) is 0 Å². The summed E-state index contributed by atoms with van der Waals surface area (Å²) < 4.78 is 0. The van der Waals surface area contributed by atoms with E-state index in [-0.39, 0.29) is 23.7 Å². The molecule has 0 spiro atoms. The first-order chi connectivity index (χ1) is 13.1. The van der Waals surface area contributed by atoms with Crippen LogP contribution in [0.5, 0.6) is 0 Å². The standard InChI is InChI=1S/C22H23N3O2/c23-22(27)16-9-6-12-25(14-16)20(15-7-2-1-3-8-15)21(26)18-13-24-19-11-5-4-10-17(18)19/h1-5,7-8,10-11,13,16,20,24H,6,9,12,14H2,(H2,23,27)/p+1/t16-,20+/m0/s1. The molecule has 138 valence electrons. The summed E-state index contributed by atoms with van der Waals surface area (Å²) in [6.07, 6.45) is 3.51. The quantitative estimate of drug-likeness (QED) is 0.606. The van der Waals surface area contributed by atoms with Crippen LogP contribution in [0.4, 0.5) is 0 Å². The number of aromatic nitrogens is 1. The van der Waals surface area contributed by atoms with Gasteiger partial charge in [-0.1, -0.05) is 48.5 Å². The summed E-state index contributed by atoms with van der Waals surface area (Å²) in [7, 11) is 0. The fourth-order valence-corrected chi connectivity index (χ4v) is 4.25. The van der Waals surface area contributed by atoms with E-state index in [4.69, 9.17) is 5.73 Å². The van der Waals surface area contributed by atoms with Crippen LogP contribution < -0.4 is 10.6 Å². The number of fused-ring (bicyclic) bond motifs is 1. The van der Waals surface area contributed by atoms with Crippen molar-refractivity contribution in [3.63, 3.8) is 0 Å². The van der Waals surface area contributed by atoms with E-state index in [0.29, 0.717) is 12.1 Å². The minimum absolute atomic E-state index is 0.0822. The van der Waals surface area contributed by atoms with E-state index < -0.39 is 0 Å². The monoisotopic (exact) mass is 362 g/mol. The molecule has 27 heavy (non-hydrogen) atoms. The van der Waals surface area contributed by atoms with Gasteiger partial charge in [0.05, 0.1) is 19.0 Å². The third-order valence-corrected chi connectivity index (χ3v) is 5.62. The number of likely N-dealkylation sites (tertiary alicyclic amines) is 1. The Hall–Kier alpha value is -2.92. The molecule has 1 saturated heterocycles. The number of amides is 1. The van der Waals surface area contributed by atoms with Crippen molar-refractivity contribution in [3.05, 3.63) is 71.9 Å². The summed E-state index contributed by atoms with van der Waals surface area (Å²) in [6, 6.07) is 17.4. The Morgan fingerprint density at radius 1 is 1.07 bits per heavy atom. The first-order valence-corrected chi connectivity index (χ1v) is 9.44. The average Bonchev–Trinajstić information content (AvgIpc) is 3.13. The van der Waals surface area contributed by atoms with Crippen LogP contribution in [0.25, 0.3) is 10.9 Å². The molecule has 1 unspecified atom stereocenters. The van der Waals surface area contributed by atoms with Crippen LogP contribution in [0, 0.1) is 5.92 Å². The molecular weight excluding hydrogens is 338 g/mol. The third-order valence-electron chi connectivity index (χ3n) is 5.62. The van der Waals surface area contributed by atoms with Gasteiger partial charge < -0.3 is 15.6 Å². The molecule has 1 aliphatic rings. The minimum Gasteiger partial charge on any atom is -0.369 e. The van der Waals surface area contributed by atoms with E-state index in [0.717, 1.165) is 40.8 Å². The number of nitrogens with one attached hydrogen (secondary N) is 2. The van der Waals surface area contributed by atoms with Crippen molar-refractivity contribution in [2.75, 3.05) is 13.1 Å². The van der Waals surface area contributed by atoms with Gasteiger partial charge in [-0.3, -0.25) is 9.59 Å². The van der Waals surface area contributed by atoms with Crippen molar-refractivity contribution in [3.8, 4) is 0 Å². The van der Waals surface area contributed by atoms with Gasteiger partial charge in [-0.05, 0) is 18.9 Å². The number of rotatable bonds is 5. The van der Waals surface area contributed by atoms with Crippen molar-refractivity contribution in [1.29, 1.82) is 0 Å². The molecule has 2 aromatic carbocycles. The molecule has 4 rings (SSSR count). The first kappa shape index (κ1) is 17.5. The number of para-hydroxylation sites is 1. The van der Waals surface area contributed by atoms with Crippen molar-refractivity contribution >= 4 is 22.6 Å². The van der Waals surface area contributed by atoms with Crippen LogP contribution in [0.3, 0.4) is 0 Å². The van der Waals surface area contributed by atoms with Crippen molar-refractivity contribution in [2.45, 2.75) is 18.9 Å². The Morgan fingerprint density at radius 3 is 2.59 bits per heavy atom. The zero-order valence-electron chi connectivity index (χ0n) is 15.2. The van der Waals surface area contributed by atoms with Gasteiger partial charge in [0, 0.05) is 28.2 Å². The number of piperidine rings is 1. The van der Waals surface area contributed by atoms with E-state index in [9.17, 15) is 9.59 Å². The maximum atomic E-state index is 13.6. The summed E-state index contributed by atoms with van der Waals surface area (Å²) >= 11 is 0. The fraction of sp³-hybridized carbons (Fsp3) is 0.273. The summed E-state index contributed by atoms with van der Waals surface area (Å²) in [4.78, 5) is 29.7. The van der Waals surface area contributed by atoms with E-state index in [1.165, 1.54) is 0 Å². The number of H-pyrrole nitrogens is 1. The number of hydrogen-bond donors (Lipinski definition) is 3. The van der Waals surface area contributed by atoms with Crippen LogP contribution in [-0.2, 0) is 4.79 Å². The van der Waals surface area contributed by atoms with E-state index in [2.05, 4.69) is 4.98 Å². The lowest BCUT2D eigenvalue weighted by Gasteiger charge is -2.33. The molecular formula is C22H24N3O2+. The maximum absolute atomic E-state index is 13.6. The molecule has 3 aromatic rings. The highest BCUT2D eigenvalue weighted by atomic mass is 16.1. The molecule has 3 atom stereocenters. The molecule has 0 radical (unpaired) electrons. The molecule has 1 aliphatic heterocycles. The number of nitrogens with two attached hydrogens (primary N) is 1. The number of Topliss-reactive ketones (excluding diaryl/α,β-unsaturated/α-hetero) is 1. The van der Waals surface area contributed by atoms with Gasteiger partial charge in [-0.25, -0.2) is 0 Å². The van der Waals surface area contributed by atoms with Gasteiger partial charge >= 0.3 is 0 Å². The number of hydrogen-bond acceptors (Lipinski definition) is 2. The second kappa shape index (κ2) is 7.37. The SMILES string of the molecule is NC(=O)[C@H]1CCC[NH+]([C@@H](C(=O)c2c[nH]c3ccccc23)c2ccccc2)C1. The van der Waals surface area contributed by atoms with Crippen LogP contribution >= 0.6 is 0 Å². The molecule has 2 heterocycles. The summed E-state index contributed by atoms with van der Waals surface area (Å²) in [5.41, 5.74) is 8.21. The number of primary amides is 1. The van der Waals surface area contributed by atoms with Crippen LogP contribution in [-0.4, -0.2) is 29.8 Å². The Balaban J connectivity index is 1.74. The predicted molar refractivity (Wildman–Crippen MR) is 104 cm³/mol. The van der Waals surface area contributed by atoms with E-state index >= 15 is 0 Å². The number of benzene rings is 2. The topological polar surface area (TPSA) is 80.4 Å². The van der Waals surface area contributed by atoms with Crippen molar-refractivity contribution in [1.82, 2.24) is 4.98 Å². The zero-order valence-corrected chi connectivity index (χ0v) is 15.2. The predicted octanol–water partition coefficient (Wildman–Crippen LogP) is 1.87. The minimum atomic E-state index is -0.340. The molecule has 4 N–H and O–H groups in total. The Kier molecular flexibility index (Phi) is 4.77. The smallest absolute Gasteiger partial charge is 0.226 e. The van der Waals surface area contributed by atoms with E-state index in [1.54, 1.807) is 6.20 Å². The van der Waals surface area contributed by atoms with E-state index in [1.807, 2.05) is 54.6 Å². The second-order valence-corrected chi connectivity index (χ2v) is 7.31. The number of ketones is 1. The normalized spacial score (nSPS) is 21.0. The van der Waals surface area contributed by atoms with Gasteiger partial charge in [0.2, 0.25) is 11.7 Å². The third kappa shape index (κ3) is 3.38. The van der Waals surface area contributed by atoms with Crippen molar-refractivity contribution in [2.24, 2.45) is 11.7 Å². The summed E-state index contributed by atoms with van der Waals surface area (Å²) in [5.74, 6) is -0.354. The molecule has 0 aliphatic carbocycles. The highest BCUT2D eigenvalue weighted by Crippen LogP contribution is 2.24. The van der Waals surface area contributed by atoms with Crippen LogP contribution in [0.15, 0.2) is 60.8 Å². The van der Waals surface area contributed by atoms with Crippen LogP contribution in [0.1, 0.15) is 34.8 Å². The summed E-state index contributed by atoms with van der Waals surface area (Å²) in [5, 5.41) is 0.936. The lowest BCUT2D eigenvalue weighted by molar-refractivity contribution is -0.928. The highest BCUT2D eigenvalue weighted by molar-refractivity contribution is 6.10. The number of quaternary nitrogens is 1. The molecule has 1 amide bonds. The van der Waals surface area contributed by atoms with Gasteiger partial charge in [-0.15, -0.1) is 0 Å². The van der Waals surface area contributed by atoms with Crippen LogP contribution in [0.2, 0.25) is 0 Å². The maximum Gasteiger partial charge on any atom is 0.226 e. The molecule has 0 bridgehead atoms. The molecule has 5 heteroatoms.